The average Bonchev–Trinajstić information content (AvgIpc) is 2.42. The van der Waals surface area contributed by atoms with Crippen LogP contribution in [0.5, 0.6) is 17.2 Å². The van der Waals surface area contributed by atoms with Crippen molar-refractivity contribution in [2.75, 3.05) is 7.11 Å². The zero-order chi connectivity index (χ0) is 13.8. The lowest BCUT2D eigenvalue weighted by Crippen LogP contribution is -1.92. The highest BCUT2D eigenvalue weighted by atomic mass is 79.9. The molecule has 0 N–H and O–H groups in total. The first-order valence-electron chi connectivity index (χ1n) is 5.40. The molecule has 0 saturated heterocycles. The summed E-state index contributed by atoms with van der Waals surface area (Å²) in [6.07, 6.45) is 0.707. The largest absolute Gasteiger partial charge is 0.497 e. The summed E-state index contributed by atoms with van der Waals surface area (Å²) in [5.41, 5.74) is 0.398. The Hall–Kier alpha value is -1.52. The molecule has 2 aromatic rings. The van der Waals surface area contributed by atoms with E-state index in [1.54, 1.807) is 43.5 Å². The molecule has 19 heavy (non-hydrogen) atoms. The number of rotatable bonds is 4. The number of halogens is 2. The van der Waals surface area contributed by atoms with E-state index in [0.29, 0.717) is 34.1 Å². The van der Waals surface area contributed by atoms with Gasteiger partial charge in [0, 0.05) is 5.02 Å². The Bertz CT molecular complexity index is 614. The molecule has 0 aliphatic carbocycles. The van der Waals surface area contributed by atoms with Crippen LogP contribution in [-0.2, 0) is 0 Å². The minimum absolute atomic E-state index is 0.398. The standard InChI is InChI=1S/C14H10BrClO3/c1-18-11-3-5-14(12(15)7-11)19-13-4-2-10(16)6-9(13)8-17/h2-8H,1H3. The maximum atomic E-state index is 11.0. The van der Waals surface area contributed by atoms with Gasteiger partial charge < -0.3 is 9.47 Å². The lowest BCUT2D eigenvalue weighted by atomic mass is 10.2. The molecule has 0 aliphatic heterocycles. The van der Waals surface area contributed by atoms with Crippen molar-refractivity contribution in [1.29, 1.82) is 0 Å². The zero-order valence-electron chi connectivity index (χ0n) is 10.0. The predicted molar refractivity (Wildman–Crippen MR) is 77.6 cm³/mol. The molecule has 0 atom stereocenters. The fourth-order valence-electron chi connectivity index (χ4n) is 1.51. The summed E-state index contributed by atoms with van der Waals surface area (Å²) in [6, 6.07) is 10.2. The highest BCUT2D eigenvalue weighted by Gasteiger charge is 2.08. The van der Waals surface area contributed by atoms with Crippen LogP contribution < -0.4 is 9.47 Å². The van der Waals surface area contributed by atoms with Gasteiger partial charge in [0.1, 0.15) is 17.2 Å². The van der Waals surface area contributed by atoms with Gasteiger partial charge in [0.05, 0.1) is 17.1 Å². The van der Waals surface area contributed by atoms with Crippen molar-refractivity contribution in [3.8, 4) is 17.2 Å². The molecule has 0 amide bonds. The van der Waals surface area contributed by atoms with Crippen LogP contribution in [0.4, 0.5) is 0 Å². The van der Waals surface area contributed by atoms with E-state index in [4.69, 9.17) is 21.1 Å². The Morgan fingerprint density at radius 2 is 1.89 bits per heavy atom. The summed E-state index contributed by atoms with van der Waals surface area (Å²) in [4.78, 5) is 11.0. The molecule has 0 spiro atoms. The van der Waals surface area contributed by atoms with Crippen molar-refractivity contribution < 1.29 is 14.3 Å². The van der Waals surface area contributed by atoms with Gasteiger partial charge in [-0.25, -0.2) is 0 Å². The number of hydrogen-bond acceptors (Lipinski definition) is 3. The molecular formula is C14H10BrClO3. The fourth-order valence-corrected chi connectivity index (χ4v) is 2.13. The molecule has 2 aromatic carbocycles. The Labute approximate surface area is 124 Å². The summed E-state index contributed by atoms with van der Waals surface area (Å²) in [5.74, 6) is 1.75. The molecule has 0 bridgehead atoms. The molecule has 0 aromatic heterocycles. The summed E-state index contributed by atoms with van der Waals surface area (Å²) < 4.78 is 11.5. The molecule has 0 heterocycles. The molecule has 0 unspecified atom stereocenters. The number of ether oxygens (including phenoxy) is 2. The Balaban J connectivity index is 2.33. The first kappa shape index (κ1) is 13.9. The van der Waals surface area contributed by atoms with E-state index >= 15 is 0 Å². The highest BCUT2D eigenvalue weighted by molar-refractivity contribution is 9.10. The van der Waals surface area contributed by atoms with Gasteiger partial charge in [-0.05, 0) is 52.3 Å². The van der Waals surface area contributed by atoms with Crippen molar-refractivity contribution in [2.24, 2.45) is 0 Å². The van der Waals surface area contributed by atoms with Crippen LogP contribution in [0.2, 0.25) is 5.02 Å². The van der Waals surface area contributed by atoms with Gasteiger partial charge in [0.25, 0.3) is 0 Å². The summed E-state index contributed by atoms with van der Waals surface area (Å²) >= 11 is 9.22. The molecule has 5 heteroatoms. The molecule has 0 radical (unpaired) electrons. The lowest BCUT2D eigenvalue weighted by molar-refractivity contribution is 0.112. The first-order chi connectivity index (χ1) is 9.13. The van der Waals surface area contributed by atoms with E-state index in [1.807, 2.05) is 0 Å². The third-order valence-corrected chi connectivity index (χ3v) is 3.31. The third kappa shape index (κ3) is 3.28. The molecule has 0 fully saturated rings. The van der Waals surface area contributed by atoms with E-state index in [0.717, 1.165) is 4.47 Å². The number of benzene rings is 2. The predicted octanol–water partition coefficient (Wildman–Crippen LogP) is 4.72. The topological polar surface area (TPSA) is 35.5 Å². The van der Waals surface area contributed by atoms with Gasteiger partial charge in [-0.15, -0.1) is 0 Å². The molecule has 2 rings (SSSR count). The first-order valence-corrected chi connectivity index (χ1v) is 6.57. The Morgan fingerprint density at radius 1 is 1.16 bits per heavy atom. The third-order valence-electron chi connectivity index (χ3n) is 2.46. The molecular weight excluding hydrogens is 332 g/mol. The van der Waals surface area contributed by atoms with E-state index in [1.165, 1.54) is 0 Å². The Kier molecular flexibility index (Phi) is 4.45. The number of methoxy groups -OCH3 is 1. The second-order valence-electron chi connectivity index (χ2n) is 3.70. The van der Waals surface area contributed by atoms with E-state index in [9.17, 15) is 4.79 Å². The number of hydrogen-bond donors (Lipinski definition) is 0. The van der Waals surface area contributed by atoms with Crippen LogP contribution >= 0.6 is 27.5 Å². The quantitative estimate of drug-likeness (QED) is 0.755. The Morgan fingerprint density at radius 3 is 2.53 bits per heavy atom. The van der Waals surface area contributed by atoms with Gasteiger partial charge in [-0.3, -0.25) is 4.79 Å². The summed E-state index contributed by atoms with van der Waals surface area (Å²) in [5, 5.41) is 0.489. The molecule has 0 saturated carbocycles. The van der Waals surface area contributed by atoms with Gasteiger partial charge >= 0.3 is 0 Å². The van der Waals surface area contributed by atoms with E-state index < -0.39 is 0 Å². The van der Waals surface area contributed by atoms with Crippen LogP contribution in [0.3, 0.4) is 0 Å². The minimum Gasteiger partial charge on any atom is -0.497 e. The maximum absolute atomic E-state index is 11.0. The smallest absolute Gasteiger partial charge is 0.153 e. The van der Waals surface area contributed by atoms with Crippen molar-refractivity contribution >= 4 is 33.8 Å². The summed E-state index contributed by atoms with van der Waals surface area (Å²) in [6.45, 7) is 0. The van der Waals surface area contributed by atoms with Crippen molar-refractivity contribution in [2.45, 2.75) is 0 Å². The van der Waals surface area contributed by atoms with Crippen LogP contribution in [0, 0.1) is 0 Å². The van der Waals surface area contributed by atoms with Gasteiger partial charge in [-0.2, -0.15) is 0 Å². The lowest BCUT2D eigenvalue weighted by Gasteiger charge is -2.10. The van der Waals surface area contributed by atoms with Crippen LogP contribution in [0.15, 0.2) is 40.9 Å². The van der Waals surface area contributed by atoms with Crippen molar-refractivity contribution in [3.63, 3.8) is 0 Å². The van der Waals surface area contributed by atoms with Gasteiger partial charge in [-0.1, -0.05) is 11.6 Å². The molecule has 0 aliphatic rings. The zero-order valence-corrected chi connectivity index (χ0v) is 12.4. The number of aldehydes is 1. The van der Waals surface area contributed by atoms with Crippen LogP contribution in [-0.4, -0.2) is 13.4 Å². The summed E-state index contributed by atoms with van der Waals surface area (Å²) in [7, 11) is 1.59. The second kappa shape index (κ2) is 6.08. The molecule has 98 valence electrons. The number of carbonyl (C=O) groups excluding carboxylic acids is 1. The van der Waals surface area contributed by atoms with Crippen molar-refractivity contribution in [1.82, 2.24) is 0 Å². The fraction of sp³-hybridized carbons (Fsp3) is 0.0714. The molecule has 3 nitrogen and oxygen atoms in total. The normalized spacial score (nSPS) is 10.1. The van der Waals surface area contributed by atoms with Crippen LogP contribution in [0.25, 0.3) is 0 Å². The monoisotopic (exact) mass is 340 g/mol. The van der Waals surface area contributed by atoms with Crippen LogP contribution in [0.1, 0.15) is 10.4 Å². The second-order valence-corrected chi connectivity index (χ2v) is 4.99. The number of carbonyl (C=O) groups is 1. The SMILES string of the molecule is COc1ccc(Oc2ccc(Cl)cc2C=O)c(Br)c1. The van der Waals surface area contributed by atoms with E-state index in [2.05, 4.69) is 15.9 Å². The van der Waals surface area contributed by atoms with Gasteiger partial charge in [0.2, 0.25) is 0 Å². The van der Waals surface area contributed by atoms with Gasteiger partial charge in [0.15, 0.2) is 6.29 Å². The average molecular weight is 342 g/mol. The minimum atomic E-state index is 0.398. The highest BCUT2D eigenvalue weighted by Crippen LogP contribution is 2.34. The van der Waals surface area contributed by atoms with E-state index in [-0.39, 0.29) is 0 Å². The maximum Gasteiger partial charge on any atom is 0.153 e. The van der Waals surface area contributed by atoms with Crippen molar-refractivity contribution in [3.05, 3.63) is 51.5 Å².